The molecule has 174 valence electrons. The molecular weight excluding hydrogens is 428 g/mol. The van der Waals surface area contributed by atoms with Gasteiger partial charge in [0.1, 0.15) is 5.75 Å². The number of sulfonamides is 1. The van der Waals surface area contributed by atoms with E-state index in [1.165, 1.54) is 9.87 Å². The van der Waals surface area contributed by atoms with Gasteiger partial charge in [-0.2, -0.15) is 4.31 Å². The van der Waals surface area contributed by atoms with Crippen molar-refractivity contribution in [3.8, 4) is 5.75 Å². The molecule has 0 radical (unpaired) electrons. The quantitative estimate of drug-likeness (QED) is 0.589. The normalized spacial score (nSPS) is 15.8. The Morgan fingerprint density at radius 3 is 2.53 bits per heavy atom. The van der Waals surface area contributed by atoms with E-state index in [9.17, 15) is 13.2 Å². The van der Waals surface area contributed by atoms with Gasteiger partial charge < -0.3 is 14.8 Å². The Morgan fingerprint density at radius 2 is 1.84 bits per heavy atom. The van der Waals surface area contributed by atoms with E-state index in [0.717, 1.165) is 12.8 Å². The zero-order valence-electron chi connectivity index (χ0n) is 18.7. The summed E-state index contributed by atoms with van der Waals surface area (Å²) in [6.45, 7) is 3.46. The van der Waals surface area contributed by atoms with Crippen molar-refractivity contribution in [2.24, 2.45) is 0 Å². The highest BCUT2D eigenvalue weighted by Crippen LogP contribution is 2.26. The molecule has 1 aliphatic heterocycles. The van der Waals surface area contributed by atoms with Crippen LogP contribution in [0.25, 0.3) is 0 Å². The van der Waals surface area contributed by atoms with E-state index in [2.05, 4.69) is 17.4 Å². The van der Waals surface area contributed by atoms with E-state index in [0.29, 0.717) is 44.0 Å². The van der Waals surface area contributed by atoms with E-state index in [4.69, 9.17) is 9.47 Å². The molecule has 1 heterocycles. The van der Waals surface area contributed by atoms with E-state index in [1.54, 1.807) is 25.3 Å². The zero-order chi connectivity index (χ0) is 23.0. The van der Waals surface area contributed by atoms with Crippen molar-refractivity contribution in [3.63, 3.8) is 0 Å². The minimum atomic E-state index is -3.60. The predicted octanol–water partition coefficient (Wildman–Crippen LogP) is 2.79. The number of nitrogens with zero attached hydrogens (tertiary/aromatic N) is 1. The lowest BCUT2D eigenvalue weighted by molar-refractivity contribution is -0.121. The highest BCUT2D eigenvalue weighted by atomic mass is 32.2. The van der Waals surface area contributed by atoms with Crippen LogP contribution in [0.3, 0.4) is 0 Å². The van der Waals surface area contributed by atoms with Crippen molar-refractivity contribution in [2.45, 2.75) is 43.5 Å². The number of hydrogen-bond acceptors (Lipinski definition) is 5. The molecule has 1 amide bonds. The van der Waals surface area contributed by atoms with Gasteiger partial charge in [-0.15, -0.1) is 0 Å². The molecule has 0 aliphatic carbocycles. The summed E-state index contributed by atoms with van der Waals surface area (Å²) >= 11 is 0. The van der Waals surface area contributed by atoms with Gasteiger partial charge in [0.05, 0.1) is 25.2 Å². The number of aryl methyl sites for hydroxylation is 2. The average molecular weight is 461 g/mol. The fourth-order valence-electron chi connectivity index (χ4n) is 3.74. The third-order valence-electron chi connectivity index (χ3n) is 5.60. The number of methoxy groups -OCH3 is 1. The van der Waals surface area contributed by atoms with Gasteiger partial charge in [-0.05, 0) is 55.5 Å². The molecule has 1 aliphatic rings. The van der Waals surface area contributed by atoms with Crippen molar-refractivity contribution >= 4 is 15.9 Å². The Balaban J connectivity index is 1.58. The molecule has 8 heteroatoms. The number of benzene rings is 2. The van der Waals surface area contributed by atoms with Crippen LogP contribution in [0, 0.1) is 0 Å². The molecule has 0 spiro atoms. The number of hydrogen-bond donors (Lipinski definition) is 1. The van der Waals surface area contributed by atoms with E-state index in [1.807, 2.05) is 25.1 Å². The number of ether oxygens (including phenoxy) is 2. The second-order valence-electron chi connectivity index (χ2n) is 7.98. The van der Waals surface area contributed by atoms with Crippen molar-refractivity contribution in [3.05, 3.63) is 59.7 Å². The largest absolute Gasteiger partial charge is 0.496 e. The first-order chi connectivity index (χ1) is 15.4. The minimum absolute atomic E-state index is 0.0534. The summed E-state index contributed by atoms with van der Waals surface area (Å²) in [6, 6.07) is 15.1. The van der Waals surface area contributed by atoms with Crippen LogP contribution in [0.4, 0.5) is 0 Å². The van der Waals surface area contributed by atoms with Crippen molar-refractivity contribution < 1.29 is 22.7 Å². The molecule has 0 saturated carbocycles. The topological polar surface area (TPSA) is 84.9 Å². The third-order valence-corrected chi connectivity index (χ3v) is 7.49. The van der Waals surface area contributed by atoms with Gasteiger partial charge in [0, 0.05) is 25.6 Å². The van der Waals surface area contributed by atoms with E-state index in [-0.39, 0.29) is 23.3 Å². The molecule has 3 rings (SSSR count). The van der Waals surface area contributed by atoms with Gasteiger partial charge in [0.25, 0.3) is 0 Å². The van der Waals surface area contributed by atoms with Gasteiger partial charge in [0.2, 0.25) is 15.9 Å². The molecule has 1 unspecified atom stereocenters. The predicted molar refractivity (Wildman–Crippen MR) is 123 cm³/mol. The number of nitrogens with one attached hydrogen (secondary N) is 1. The summed E-state index contributed by atoms with van der Waals surface area (Å²) in [7, 11) is -2.06. The summed E-state index contributed by atoms with van der Waals surface area (Å²) in [5.41, 5.74) is 1.95. The van der Waals surface area contributed by atoms with Crippen molar-refractivity contribution in [1.82, 2.24) is 9.62 Å². The Bertz CT molecular complexity index is 989. The first-order valence-electron chi connectivity index (χ1n) is 11.0. The van der Waals surface area contributed by atoms with Gasteiger partial charge in [-0.1, -0.05) is 30.3 Å². The first-order valence-corrected chi connectivity index (χ1v) is 12.4. The molecule has 7 nitrogen and oxygen atoms in total. The monoisotopic (exact) mass is 460 g/mol. The Morgan fingerprint density at radius 1 is 1.12 bits per heavy atom. The number of rotatable bonds is 10. The lowest BCUT2D eigenvalue weighted by Gasteiger charge is -2.26. The standard InChI is InChI=1S/C24H32N2O5S/c1-19(8-9-20-6-4-3-5-7-20)25-24(27)13-10-21-18-22(11-12-23(21)30-2)32(28,29)26-14-16-31-17-15-26/h3-7,11-12,18-19H,8-10,13-17H2,1-2H3,(H,25,27). The van der Waals surface area contributed by atoms with Crippen molar-refractivity contribution in [1.29, 1.82) is 0 Å². The Hall–Kier alpha value is -2.42. The van der Waals surface area contributed by atoms with Crippen molar-refractivity contribution in [2.75, 3.05) is 33.4 Å². The molecule has 2 aromatic carbocycles. The Labute approximate surface area is 190 Å². The van der Waals surface area contributed by atoms with E-state index < -0.39 is 10.0 Å². The molecular formula is C24H32N2O5S. The first kappa shape index (κ1) is 24.2. The maximum Gasteiger partial charge on any atom is 0.243 e. The molecule has 32 heavy (non-hydrogen) atoms. The van der Waals surface area contributed by atoms with Crippen LogP contribution >= 0.6 is 0 Å². The van der Waals surface area contributed by atoms with Crippen LogP contribution < -0.4 is 10.1 Å². The number of carbonyl (C=O) groups excluding carboxylic acids is 1. The number of amides is 1. The summed E-state index contributed by atoms with van der Waals surface area (Å²) in [5.74, 6) is 0.518. The highest BCUT2D eigenvalue weighted by molar-refractivity contribution is 7.89. The minimum Gasteiger partial charge on any atom is -0.496 e. The van der Waals surface area contributed by atoms with Gasteiger partial charge in [-0.25, -0.2) is 8.42 Å². The second-order valence-corrected chi connectivity index (χ2v) is 9.92. The van der Waals surface area contributed by atoms with Crippen LogP contribution in [-0.2, 0) is 32.4 Å². The summed E-state index contributed by atoms with van der Waals surface area (Å²) < 4.78 is 38.0. The van der Waals surface area contributed by atoms with Crippen LogP contribution in [-0.4, -0.2) is 58.1 Å². The maximum atomic E-state index is 13.0. The smallest absolute Gasteiger partial charge is 0.243 e. The molecule has 1 fully saturated rings. The van der Waals surface area contributed by atoms with Crippen LogP contribution in [0.5, 0.6) is 5.75 Å². The van der Waals surface area contributed by atoms with Crippen LogP contribution in [0.1, 0.15) is 30.9 Å². The highest BCUT2D eigenvalue weighted by Gasteiger charge is 2.27. The molecule has 0 bridgehead atoms. The van der Waals surface area contributed by atoms with Crippen LogP contribution in [0.2, 0.25) is 0 Å². The van der Waals surface area contributed by atoms with Gasteiger partial charge in [-0.3, -0.25) is 4.79 Å². The fraction of sp³-hybridized carbons (Fsp3) is 0.458. The summed E-state index contributed by atoms with van der Waals surface area (Å²) in [4.78, 5) is 12.7. The number of carbonyl (C=O) groups is 1. The van der Waals surface area contributed by atoms with E-state index >= 15 is 0 Å². The average Bonchev–Trinajstić information content (AvgIpc) is 2.82. The second kappa shape index (κ2) is 11.4. The van der Waals surface area contributed by atoms with Crippen LogP contribution in [0.15, 0.2) is 53.4 Å². The Kier molecular flexibility index (Phi) is 8.67. The molecule has 0 aromatic heterocycles. The lowest BCUT2D eigenvalue weighted by Crippen LogP contribution is -2.40. The SMILES string of the molecule is COc1ccc(S(=O)(=O)N2CCOCC2)cc1CCC(=O)NC(C)CCc1ccccc1. The fourth-order valence-corrected chi connectivity index (χ4v) is 5.20. The summed E-state index contributed by atoms with van der Waals surface area (Å²) in [5, 5.41) is 3.03. The van der Waals surface area contributed by atoms with Gasteiger partial charge in [0.15, 0.2) is 0 Å². The molecule has 2 aromatic rings. The molecule has 1 atom stereocenters. The molecule has 1 N–H and O–H groups in total. The lowest BCUT2D eigenvalue weighted by atomic mass is 10.1. The summed E-state index contributed by atoms with van der Waals surface area (Å²) in [6.07, 6.45) is 2.41. The zero-order valence-corrected chi connectivity index (χ0v) is 19.6. The molecule has 1 saturated heterocycles. The number of morpholine rings is 1. The maximum absolute atomic E-state index is 13.0. The van der Waals surface area contributed by atoms with Gasteiger partial charge >= 0.3 is 0 Å². The third kappa shape index (κ3) is 6.54.